The molecule has 0 saturated heterocycles. The maximum atomic E-state index is 5.89. The third-order valence-electron chi connectivity index (χ3n) is 3.30. The first-order valence-electron chi connectivity index (χ1n) is 7.48. The molecule has 0 aliphatic carbocycles. The number of benzene rings is 2. The number of hydrogen-bond donors (Lipinski definition) is 1. The number of nitrogens with zero attached hydrogens (tertiary/aromatic N) is 2. The second kappa shape index (κ2) is 8.50. The molecule has 128 valence electrons. The van der Waals surface area contributed by atoms with Gasteiger partial charge in [-0.15, -0.1) is 11.3 Å². The first-order chi connectivity index (χ1) is 12.2. The second-order valence-corrected chi connectivity index (χ2v) is 6.36. The summed E-state index contributed by atoms with van der Waals surface area (Å²) in [7, 11) is 1.61. The van der Waals surface area contributed by atoms with E-state index in [1.54, 1.807) is 19.5 Å². The minimum Gasteiger partial charge on any atom is -0.493 e. The van der Waals surface area contributed by atoms with Gasteiger partial charge in [0.15, 0.2) is 11.5 Å². The highest BCUT2D eigenvalue weighted by molar-refractivity contribution is 7.13. The van der Waals surface area contributed by atoms with Gasteiger partial charge in [0, 0.05) is 16.6 Å². The monoisotopic (exact) mass is 373 g/mol. The lowest BCUT2D eigenvalue weighted by atomic mass is 10.2. The summed E-state index contributed by atoms with van der Waals surface area (Å²) >= 11 is 7.37. The Kier molecular flexibility index (Phi) is 5.87. The van der Waals surface area contributed by atoms with Crippen LogP contribution >= 0.6 is 22.9 Å². The number of nitrogens with one attached hydrogen (secondary N) is 1. The van der Waals surface area contributed by atoms with Gasteiger partial charge in [-0.2, -0.15) is 5.10 Å². The van der Waals surface area contributed by atoms with Crippen LogP contribution in [0.4, 0.5) is 5.13 Å². The van der Waals surface area contributed by atoms with E-state index < -0.39 is 0 Å². The number of hydrazone groups is 1. The van der Waals surface area contributed by atoms with Crippen LogP contribution in [0.15, 0.2) is 59.1 Å². The molecule has 3 rings (SSSR count). The Bertz CT molecular complexity index is 836. The van der Waals surface area contributed by atoms with Crippen molar-refractivity contribution in [1.29, 1.82) is 0 Å². The third kappa shape index (κ3) is 4.95. The molecule has 0 bridgehead atoms. The molecule has 0 aliphatic heterocycles. The van der Waals surface area contributed by atoms with E-state index in [0.29, 0.717) is 23.1 Å². The first-order valence-corrected chi connectivity index (χ1v) is 8.74. The Hall–Kier alpha value is -2.57. The van der Waals surface area contributed by atoms with Crippen LogP contribution in [0.3, 0.4) is 0 Å². The Labute approximate surface area is 154 Å². The Morgan fingerprint density at radius 1 is 1.20 bits per heavy atom. The molecule has 1 aromatic heterocycles. The van der Waals surface area contributed by atoms with Crippen molar-refractivity contribution in [3.63, 3.8) is 0 Å². The smallest absolute Gasteiger partial charge is 0.203 e. The van der Waals surface area contributed by atoms with E-state index in [0.717, 1.165) is 16.3 Å². The third-order valence-corrected chi connectivity index (χ3v) is 4.23. The Balaban J connectivity index is 1.64. The first kappa shape index (κ1) is 17.3. The molecule has 0 spiro atoms. The van der Waals surface area contributed by atoms with E-state index in [4.69, 9.17) is 21.1 Å². The van der Waals surface area contributed by atoms with Gasteiger partial charge in [0.25, 0.3) is 0 Å². The Morgan fingerprint density at radius 2 is 2.04 bits per heavy atom. The summed E-state index contributed by atoms with van der Waals surface area (Å²) in [6.07, 6.45) is 3.42. The van der Waals surface area contributed by atoms with Crippen molar-refractivity contribution in [2.45, 2.75) is 6.61 Å². The summed E-state index contributed by atoms with van der Waals surface area (Å²) in [5.41, 5.74) is 4.79. The standard InChI is InChI=1S/C18H16ClN3O2S/c1-23-17-10-14(11-21-22-18-20-8-9-25-18)4-7-16(17)24-12-13-2-5-15(19)6-3-13/h2-11H,12H2,1H3,(H,20,22). The van der Waals surface area contributed by atoms with Crippen molar-refractivity contribution in [2.75, 3.05) is 12.5 Å². The van der Waals surface area contributed by atoms with Crippen molar-refractivity contribution in [3.8, 4) is 11.5 Å². The highest BCUT2D eigenvalue weighted by atomic mass is 35.5. The zero-order chi connectivity index (χ0) is 17.5. The van der Waals surface area contributed by atoms with Crippen LogP contribution in [-0.2, 0) is 6.61 Å². The average Bonchev–Trinajstić information content (AvgIpc) is 3.15. The number of rotatable bonds is 7. The zero-order valence-electron chi connectivity index (χ0n) is 13.5. The molecule has 0 unspecified atom stereocenters. The van der Waals surface area contributed by atoms with Crippen LogP contribution in [0.2, 0.25) is 5.02 Å². The van der Waals surface area contributed by atoms with E-state index in [1.165, 1.54) is 11.3 Å². The van der Waals surface area contributed by atoms with Crippen molar-refractivity contribution in [3.05, 3.63) is 70.2 Å². The lowest BCUT2D eigenvalue weighted by Gasteiger charge is -2.11. The van der Waals surface area contributed by atoms with Gasteiger partial charge < -0.3 is 9.47 Å². The van der Waals surface area contributed by atoms with E-state index >= 15 is 0 Å². The van der Waals surface area contributed by atoms with Crippen LogP contribution in [0.1, 0.15) is 11.1 Å². The van der Waals surface area contributed by atoms with Gasteiger partial charge in [-0.25, -0.2) is 4.98 Å². The predicted molar refractivity (Wildman–Crippen MR) is 102 cm³/mol. The van der Waals surface area contributed by atoms with E-state index in [-0.39, 0.29) is 0 Å². The molecule has 25 heavy (non-hydrogen) atoms. The van der Waals surface area contributed by atoms with Crippen molar-refractivity contribution < 1.29 is 9.47 Å². The number of ether oxygens (including phenoxy) is 2. The van der Waals surface area contributed by atoms with E-state index in [1.807, 2.05) is 47.8 Å². The predicted octanol–water partition coefficient (Wildman–Crippen LogP) is 4.83. The van der Waals surface area contributed by atoms with Crippen LogP contribution in [0.25, 0.3) is 0 Å². The lowest BCUT2D eigenvalue weighted by molar-refractivity contribution is 0.284. The summed E-state index contributed by atoms with van der Waals surface area (Å²) in [4.78, 5) is 4.09. The molecular weight excluding hydrogens is 358 g/mol. The van der Waals surface area contributed by atoms with Gasteiger partial charge in [0.1, 0.15) is 6.61 Å². The molecular formula is C18H16ClN3O2S. The molecule has 0 atom stereocenters. The number of halogens is 1. The highest BCUT2D eigenvalue weighted by Gasteiger charge is 2.06. The summed E-state index contributed by atoms with van der Waals surface area (Å²) in [5.74, 6) is 1.31. The van der Waals surface area contributed by atoms with Crippen LogP contribution in [0.5, 0.6) is 11.5 Å². The van der Waals surface area contributed by atoms with E-state index in [2.05, 4.69) is 15.5 Å². The van der Waals surface area contributed by atoms with Crippen molar-refractivity contribution in [2.24, 2.45) is 5.10 Å². The maximum absolute atomic E-state index is 5.89. The molecule has 0 radical (unpaired) electrons. The molecule has 0 fully saturated rings. The highest BCUT2D eigenvalue weighted by Crippen LogP contribution is 2.28. The number of aromatic nitrogens is 1. The fourth-order valence-corrected chi connectivity index (χ4v) is 2.67. The largest absolute Gasteiger partial charge is 0.493 e. The van der Waals surface area contributed by atoms with Crippen LogP contribution in [0, 0.1) is 0 Å². The molecule has 7 heteroatoms. The number of thiazole rings is 1. The van der Waals surface area contributed by atoms with Gasteiger partial charge in [0.2, 0.25) is 5.13 Å². The lowest BCUT2D eigenvalue weighted by Crippen LogP contribution is -1.98. The summed E-state index contributed by atoms with van der Waals surface area (Å²) in [6.45, 7) is 0.437. The van der Waals surface area contributed by atoms with E-state index in [9.17, 15) is 0 Å². The Morgan fingerprint density at radius 3 is 2.76 bits per heavy atom. The molecule has 0 aliphatic rings. The van der Waals surface area contributed by atoms with Gasteiger partial charge >= 0.3 is 0 Å². The fourth-order valence-electron chi connectivity index (χ4n) is 2.07. The average molecular weight is 374 g/mol. The molecule has 0 amide bonds. The molecule has 3 aromatic rings. The topological polar surface area (TPSA) is 55.7 Å². The molecule has 1 N–H and O–H groups in total. The SMILES string of the molecule is COc1cc(C=NNc2nccs2)ccc1OCc1ccc(Cl)cc1. The summed E-state index contributed by atoms with van der Waals surface area (Å²) in [6, 6.07) is 13.2. The minimum atomic E-state index is 0.437. The fraction of sp³-hybridized carbons (Fsp3) is 0.111. The second-order valence-electron chi connectivity index (χ2n) is 5.03. The number of methoxy groups -OCH3 is 1. The zero-order valence-corrected chi connectivity index (χ0v) is 15.1. The molecule has 0 saturated carbocycles. The summed E-state index contributed by atoms with van der Waals surface area (Å²) in [5, 5.41) is 7.48. The van der Waals surface area contributed by atoms with Gasteiger partial charge in [0.05, 0.1) is 13.3 Å². The quantitative estimate of drug-likeness (QED) is 0.476. The molecule has 2 aromatic carbocycles. The van der Waals surface area contributed by atoms with Crippen LogP contribution < -0.4 is 14.9 Å². The summed E-state index contributed by atoms with van der Waals surface area (Å²) < 4.78 is 11.2. The van der Waals surface area contributed by atoms with Gasteiger partial charge in [-0.1, -0.05) is 23.7 Å². The number of hydrogen-bond acceptors (Lipinski definition) is 6. The number of anilines is 1. The van der Waals surface area contributed by atoms with Gasteiger partial charge in [-0.05, 0) is 41.5 Å². The van der Waals surface area contributed by atoms with Crippen LogP contribution in [-0.4, -0.2) is 18.3 Å². The maximum Gasteiger partial charge on any atom is 0.203 e. The van der Waals surface area contributed by atoms with Gasteiger partial charge in [-0.3, -0.25) is 5.43 Å². The molecule has 5 nitrogen and oxygen atoms in total. The normalized spacial score (nSPS) is 10.8. The van der Waals surface area contributed by atoms with Crippen molar-refractivity contribution >= 4 is 34.3 Å². The minimum absolute atomic E-state index is 0.437. The van der Waals surface area contributed by atoms with Crippen molar-refractivity contribution in [1.82, 2.24) is 4.98 Å². The molecule has 1 heterocycles.